The van der Waals surface area contributed by atoms with Crippen LogP contribution in [0.4, 0.5) is 0 Å². The zero-order valence-corrected chi connectivity index (χ0v) is 81.0. The maximum absolute atomic E-state index is 9.65. The fraction of sp³-hybridized carbons (Fsp3) is 1.00. The van der Waals surface area contributed by atoms with Gasteiger partial charge in [0.05, 0.1) is 48.8 Å². The maximum Gasteiger partial charge on any atom is 0.0715 e. The van der Waals surface area contributed by atoms with Crippen LogP contribution in [0.15, 0.2) is 0 Å². The summed E-state index contributed by atoms with van der Waals surface area (Å²) in [6.45, 7) is 58.6. The van der Waals surface area contributed by atoms with Crippen LogP contribution in [0.5, 0.6) is 0 Å². The van der Waals surface area contributed by atoms with Gasteiger partial charge in [-0.25, -0.2) is 0 Å². The summed E-state index contributed by atoms with van der Waals surface area (Å²) in [5, 5.41) is 86.8. The zero-order chi connectivity index (χ0) is 62.6. The summed E-state index contributed by atoms with van der Waals surface area (Å²) in [4.78, 5) is 8.22. The van der Waals surface area contributed by atoms with Gasteiger partial charge < -0.3 is 81.7 Å². The molecule has 0 fully saturated rings. The van der Waals surface area contributed by atoms with Crippen LogP contribution in [0.1, 0.15) is 166 Å². The van der Waals surface area contributed by atoms with Crippen LogP contribution in [0.2, 0.25) is 0 Å². The van der Waals surface area contributed by atoms with Crippen molar-refractivity contribution in [3.8, 4) is 0 Å². The van der Waals surface area contributed by atoms with Crippen molar-refractivity contribution in [3.63, 3.8) is 0 Å². The van der Waals surface area contributed by atoms with Crippen molar-refractivity contribution in [1.29, 1.82) is 0 Å². The maximum atomic E-state index is 9.65. The molecule has 24 heteroatoms. The van der Waals surface area contributed by atoms with Crippen molar-refractivity contribution in [1.82, 2.24) is 40.9 Å². The first-order valence-corrected chi connectivity index (χ1v) is 29.0. The molecule has 12 N–H and O–H groups in total. The molecule has 0 rings (SSSR count). The Bertz CT molecular complexity index is 1200. The fourth-order valence-electron chi connectivity index (χ4n) is 4.62. The average molecular weight is 2310 g/mol. The van der Waals surface area contributed by atoms with E-state index in [1.807, 2.05) is 198 Å². The molecular weight excluding hydrogens is 2160 g/mol. The second-order valence-electron chi connectivity index (χ2n) is 26.7. The predicted molar refractivity (Wildman–Crippen MR) is 334 cm³/mol. The van der Waals surface area contributed by atoms with Crippen LogP contribution in [0.3, 0.4) is 0 Å². The predicted octanol–water partition coefficient (Wildman–Crippen LogP) is 6.27. The van der Waals surface area contributed by atoms with Crippen LogP contribution < -0.4 is 21.3 Å². The Kier molecular flexibility index (Phi) is 131. The van der Waals surface area contributed by atoms with Crippen molar-refractivity contribution in [2.24, 2.45) is 45.3 Å². The molecule has 0 aromatic heterocycles. The smallest absolute Gasteiger partial charge is 0.0715 e. The van der Waals surface area contributed by atoms with E-state index in [0.29, 0.717) is 49.9 Å². The topological polar surface area (TPSA) is 223 Å². The third-order valence-corrected chi connectivity index (χ3v) is 12.2. The molecule has 0 bridgehead atoms. The molecular formula is C60H144N8O8Sm8. The number of aliphatic hydroxyl groups is 8. The summed E-state index contributed by atoms with van der Waals surface area (Å²) >= 11 is 0. The summed E-state index contributed by atoms with van der Waals surface area (Å²) < 4.78 is 0. The Hall–Kier alpha value is 10.1. The van der Waals surface area contributed by atoms with E-state index in [0.717, 1.165) is 52.4 Å². The number of aliphatic hydroxyl groups excluding tert-OH is 8. The van der Waals surface area contributed by atoms with E-state index in [9.17, 15) is 35.7 Å². The molecule has 0 radical (unpaired) electrons. The van der Waals surface area contributed by atoms with Gasteiger partial charge in [-0.3, -0.25) is 0 Å². The second-order valence-corrected chi connectivity index (χ2v) is 26.7. The van der Waals surface area contributed by atoms with E-state index >= 15 is 0 Å². The van der Waals surface area contributed by atoms with Gasteiger partial charge in [0.2, 0.25) is 0 Å². The van der Waals surface area contributed by atoms with Crippen LogP contribution in [0, 0.1) is 368 Å². The number of rotatable bonds is 24. The van der Waals surface area contributed by atoms with Crippen LogP contribution in [-0.4, -0.2) is 244 Å². The molecule has 8 atom stereocenters. The third kappa shape index (κ3) is 108. The molecule has 0 aliphatic carbocycles. The number of nitrogens with one attached hydrogen (secondary N) is 4. The summed E-state index contributed by atoms with van der Waals surface area (Å²) in [7, 11) is 15.6. The van der Waals surface area contributed by atoms with Crippen LogP contribution in [-0.2, 0) is 0 Å². The van der Waals surface area contributed by atoms with Gasteiger partial charge in [0.25, 0.3) is 0 Å². The number of nitrogens with zero attached hydrogens (tertiary/aromatic N) is 4. The molecule has 520 valence electrons. The van der Waals surface area contributed by atoms with E-state index in [4.69, 9.17) is 5.11 Å². The molecule has 0 aliphatic heterocycles. The van der Waals surface area contributed by atoms with Gasteiger partial charge in [0, 0.05) is 375 Å². The summed E-state index contributed by atoms with van der Waals surface area (Å²) in [6, 6.07) is 0. The molecule has 0 saturated carbocycles. The van der Waals surface area contributed by atoms with Gasteiger partial charge in [-0.05, 0) is 128 Å². The van der Waals surface area contributed by atoms with E-state index in [1.165, 1.54) is 0 Å². The fourth-order valence-corrected chi connectivity index (χ4v) is 4.62. The van der Waals surface area contributed by atoms with Gasteiger partial charge in [-0.1, -0.05) is 166 Å². The van der Waals surface area contributed by atoms with Gasteiger partial charge >= 0.3 is 0 Å². The van der Waals surface area contributed by atoms with E-state index < -0.39 is 0 Å². The number of hydrogen-bond acceptors (Lipinski definition) is 16. The molecule has 0 saturated heterocycles. The summed E-state index contributed by atoms with van der Waals surface area (Å²) in [5.41, 5.74) is 0.0128. The van der Waals surface area contributed by atoms with Crippen molar-refractivity contribution in [2.45, 2.75) is 215 Å². The Morgan fingerprint density at radius 1 is 0.310 bits per heavy atom. The molecule has 0 heterocycles. The molecule has 0 aromatic carbocycles. The first kappa shape index (κ1) is 134. The van der Waals surface area contributed by atoms with Crippen LogP contribution >= 0.6 is 0 Å². The van der Waals surface area contributed by atoms with E-state index in [2.05, 4.69) is 65.7 Å². The molecule has 0 aromatic rings. The molecule has 84 heavy (non-hydrogen) atoms. The zero-order valence-electron chi connectivity index (χ0n) is 60.0. The van der Waals surface area contributed by atoms with Gasteiger partial charge in [-0.2, -0.15) is 0 Å². The van der Waals surface area contributed by atoms with Gasteiger partial charge in [0.15, 0.2) is 0 Å². The number of likely N-dealkylation sites (N-methyl/N-ethyl adjacent to an activating group) is 8. The Balaban J connectivity index is -0.0000000444. The molecule has 0 aliphatic rings. The van der Waals surface area contributed by atoms with Crippen molar-refractivity contribution < 1.29 is 364 Å². The minimum atomic E-state index is -0.248. The Labute approximate surface area is 784 Å². The van der Waals surface area contributed by atoms with Crippen molar-refractivity contribution in [2.75, 3.05) is 135 Å². The van der Waals surface area contributed by atoms with Crippen molar-refractivity contribution in [3.05, 3.63) is 0 Å². The van der Waals surface area contributed by atoms with E-state index in [1.54, 1.807) is 0 Å². The second kappa shape index (κ2) is 82.0. The minimum Gasteiger partial charge on any atom is -0.392 e. The monoisotopic (exact) mass is 2320 g/mol. The van der Waals surface area contributed by atoms with E-state index in [-0.39, 0.29) is 394 Å². The Morgan fingerprint density at radius 3 is 0.738 bits per heavy atom. The quantitative estimate of drug-likeness (QED) is 0.0512. The molecule has 16 nitrogen and oxygen atoms in total. The normalized spacial score (nSPS) is 13.7. The number of hydrogen-bond donors (Lipinski definition) is 12. The minimum absolute atomic E-state index is 0. The Morgan fingerprint density at radius 2 is 0.548 bits per heavy atom. The van der Waals surface area contributed by atoms with Crippen LogP contribution in [0.25, 0.3) is 0 Å². The first-order valence-electron chi connectivity index (χ1n) is 29.0. The molecule has 8 unspecified atom stereocenters. The van der Waals surface area contributed by atoms with Gasteiger partial charge in [0.1, 0.15) is 0 Å². The molecule has 0 amide bonds. The summed E-state index contributed by atoms with van der Waals surface area (Å²) in [5.74, 6) is 1.47. The van der Waals surface area contributed by atoms with Crippen molar-refractivity contribution >= 4 is 0 Å². The first-order chi connectivity index (χ1) is 34.1. The SMILES string of the molecule is CC(C)C(O)CN(C)C.CCN(C)CC(O)C(C)(C)C.CCN(C)CC(O)C(C)C.CCNCC(O)C(C)(C)C.CCNCC(O)C(C)C.CN(C)CC(O)C(C)(C)C.CNCC(O)C(C)(C)C.CNCC(O)C(C)C.[Sm].[Sm].[Sm].[Sm].[Sm].[Sm].[Sm].[Sm]. The third-order valence-electron chi connectivity index (χ3n) is 12.2. The molecule has 0 spiro atoms. The van der Waals surface area contributed by atoms with Gasteiger partial charge in [-0.15, -0.1) is 0 Å². The largest absolute Gasteiger partial charge is 0.392 e. The standard InChI is InChI=1S/C9H21NO.3C8H19NO.3C7H17NO.C6H15NO.8Sm/c1-6-10(5)7-8(11)9(2,3)4;1-8(2,3)7(10)6-9(4)5;1-5-9-6-7(10)8(2,3)4;1-5-9(4)6-8(10)7(2)3;1-7(2,3)6(9)5-8-4;1-6(2)7(9)5-8(3)4;1-4-8-5-7(9)6(2)3;1-5(2)6(8)4-7-3;;;;;;;;/h8,11H,6-7H2,1-5H3;7,10H,6H2,1-5H3;7,9-10H,5-6H2,1-4H3;7-8,10H,5-6H2,1-4H3;6,8-9H,5H2,1-4H3;6-7,9H,5H2,1-4H3;6-9H,4-5H2,1-3H3;5-8H,4H2,1-3H3;;;;;;;;. The summed E-state index contributed by atoms with van der Waals surface area (Å²) in [6.07, 6.45) is -1.69. The average Bonchev–Trinajstić information content (AvgIpc) is 3.27.